The quantitative estimate of drug-likeness (QED) is 0.543. The van der Waals surface area contributed by atoms with Gasteiger partial charge in [0.15, 0.2) is 0 Å². The average Bonchev–Trinajstić information content (AvgIpc) is 2.42. The molecule has 0 aromatic heterocycles. The topological polar surface area (TPSA) is 29.3 Å². The molecule has 1 aromatic rings. The fourth-order valence-electron chi connectivity index (χ4n) is 2.61. The minimum absolute atomic E-state index is 0.297. The summed E-state index contributed by atoms with van der Waals surface area (Å²) in [6.07, 6.45) is 4.51. The molecule has 112 valence electrons. The highest BCUT2D eigenvalue weighted by Gasteiger charge is 2.23. The molecule has 0 heterocycles. The van der Waals surface area contributed by atoms with Crippen LogP contribution in [-0.2, 0) is 0 Å². The van der Waals surface area contributed by atoms with E-state index in [1.807, 2.05) is 0 Å². The van der Waals surface area contributed by atoms with Crippen LogP contribution in [0.3, 0.4) is 0 Å². The van der Waals surface area contributed by atoms with Gasteiger partial charge in [-0.2, -0.15) is 0 Å². The number of thiocarbonyl (C=S) groups is 1. The average molecular weight is 292 g/mol. The van der Waals surface area contributed by atoms with E-state index in [0.29, 0.717) is 17.1 Å². The second-order valence-electron chi connectivity index (χ2n) is 5.64. The molecule has 0 aliphatic heterocycles. The molecule has 1 unspecified atom stereocenters. The number of benzene rings is 1. The summed E-state index contributed by atoms with van der Waals surface area (Å²) in [5.41, 5.74) is 7.14. The van der Waals surface area contributed by atoms with Gasteiger partial charge in [0, 0.05) is 18.5 Å². The van der Waals surface area contributed by atoms with Gasteiger partial charge in [0.1, 0.15) is 0 Å². The minimum Gasteiger partial charge on any atom is -0.393 e. The molecule has 0 saturated carbocycles. The summed E-state index contributed by atoms with van der Waals surface area (Å²) in [7, 11) is 0. The molecule has 2 N–H and O–H groups in total. The smallest absolute Gasteiger partial charge is 0.0746 e. The number of nitrogens with zero attached hydrogens (tertiary/aromatic N) is 1. The summed E-state index contributed by atoms with van der Waals surface area (Å²) in [5, 5.41) is 0. The molecule has 20 heavy (non-hydrogen) atoms. The van der Waals surface area contributed by atoms with E-state index in [-0.39, 0.29) is 0 Å². The molecular formula is C17H28N2S. The summed E-state index contributed by atoms with van der Waals surface area (Å²) in [4.78, 5) is 3.13. The van der Waals surface area contributed by atoms with Crippen LogP contribution in [-0.4, -0.2) is 22.5 Å². The van der Waals surface area contributed by atoms with Gasteiger partial charge in [0.2, 0.25) is 0 Å². The first kappa shape index (κ1) is 17.1. The van der Waals surface area contributed by atoms with E-state index < -0.39 is 0 Å². The summed E-state index contributed by atoms with van der Waals surface area (Å²) in [6, 6.07) is 11.4. The highest BCUT2D eigenvalue weighted by Crippen LogP contribution is 2.27. The van der Waals surface area contributed by atoms with Crippen molar-refractivity contribution < 1.29 is 0 Å². The molecule has 3 heteroatoms. The van der Waals surface area contributed by atoms with Crippen LogP contribution in [0, 0.1) is 0 Å². The largest absolute Gasteiger partial charge is 0.393 e. The number of hydrogen-bond acceptors (Lipinski definition) is 2. The van der Waals surface area contributed by atoms with Gasteiger partial charge in [0.05, 0.1) is 4.99 Å². The number of hydrogen-bond donors (Lipinski definition) is 1. The minimum atomic E-state index is 0.297. The molecule has 0 aliphatic carbocycles. The molecule has 0 aliphatic rings. The molecule has 0 saturated heterocycles. The zero-order valence-corrected chi connectivity index (χ0v) is 13.8. The van der Waals surface area contributed by atoms with Crippen molar-refractivity contribution in [3.63, 3.8) is 0 Å². The maximum absolute atomic E-state index is 5.83. The van der Waals surface area contributed by atoms with Crippen molar-refractivity contribution in [3.05, 3.63) is 35.9 Å². The standard InChI is InChI=1S/C17H28N2S/c1-4-5-9-12-19(14(2)3)16(13-17(18)20)15-10-7-6-8-11-15/h6-8,10-11,14,16H,4-5,9,12-13H2,1-3H3,(H2,18,20). The van der Waals surface area contributed by atoms with Crippen LogP contribution in [0.15, 0.2) is 30.3 Å². The first-order valence-electron chi connectivity index (χ1n) is 7.65. The lowest BCUT2D eigenvalue weighted by atomic mass is 10.00. The Balaban J connectivity index is 2.90. The molecule has 1 aromatic carbocycles. The van der Waals surface area contributed by atoms with Crippen molar-refractivity contribution in [2.24, 2.45) is 5.73 Å². The first-order chi connectivity index (χ1) is 9.56. The second-order valence-corrected chi connectivity index (χ2v) is 6.16. The van der Waals surface area contributed by atoms with Gasteiger partial charge in [-0.1, -0.05) is 62.3 Å². The molecule has 1 rings (SSSR count). The van der Waals surface area contributed by atoms with Gasteiger partial charge < -0.3 is 5.73 Å². The van der Waals surface area contributed by atoms with Crippen LogP contribution in [0.25, 0.3) is 0 Å². The maximum atomic E-state index is 5.83. The third-order valence-corrected chi connectivity index (χ3v) is 3.83. The Kier molecular flexibility index (Phi) is 7.78. The molecule has 0 fully saturated rings. The van der Waals surface area contributed by atoms with E-state index in [1.165, 1.54) is 24.8 Å². The molecule has 0 radical (unpaired) electrons. The zero-order valence-electron chi connectivity index (χ0n) is 13.0. The van der Waals surface area contributed by atoms with Crippen molar-refractivity contribution in [2.75, 3.05) is 6.54 Å². The van der Waals surface area contributed by atoms with Crippen LogP contribution in [0.4, 0.5) is 0 Å². The van der Waals surface area contributed by atoms with Gasteiger partial charge in [-0.15, -0.1) is 0 Å². The van der Waals surface area contributed by atoms with E-state index in [9.17, 15) is 0 Å². The van der Waals surface area contributed by atoms with E-state index in [4.69, 9.17) is 18.0 Å². The number of rotatable bonds is 9. The Morgan fingerprint density at radius 2 is 1.85 bits per heavy atom. The third kappa shape index (κ3) is 5.59. The van der Waals surface area contributed by atoms with Crippen LogP contribution < -0.4 is 5.73 Å². The Hall–Kier alpha value is -0.930. The van der Waals surface area contributed by atoms with Gasteiger partial charge >= 0.3 is 0 Å². The number of unbranched alkanes of at least 4 members (excludes halogenated alkanes) is 2. The highest BCUT2D eigenvalue weighted by molar-refractivity contribution is 7.80. The normalized spacial score (nSPS) is 12.8. The van der Waals surface area contributed by atoms with Crippen LogP contribution in [0.1, 0.15) is 58.1 Å². The van der Waals surface area contributed by atoms with E-state index in [1.54, 1.807) is 0 Å². The van der Waals surface area contributed by atoms with E-state index in [0.717, 1.165) is 13.0 Å². The van der Waals surface area contributed by atoms with Gasteiger partial charge in [0.25, 0.3) is 0 Å². The van der Waals surface area contributed by atoms with Gasteiger partial charge in [-0.3, -0.25) is 4.90 Å². The maximum Gasteiger partial charge on any atom is 0.0746 e. The zero-order chi connectivity index (χ0) is 15.0. The lowest BCUT2D eigenvalue weighted by molar-refractivity contribution is 0.153. The fourth-order valence-corrected chi connectivity index (χ4v) is 2.77. The summed E-state index contributed by atoms with van der Waals surface area (Å²) in [5.74, 6) is 0. The molecule has 0 amide bonds. The molecular weight excluding hydrogens is 264 g/mol. The van der Waals surface area contributed by atoms with Crippen molar-refractivity contribution in [2.45, 2.75) is 58.5 Å². The second kappa shape index (κ2) is 9.09. The number of nitrogens with two attached hydrogens (primary N) is 1. The van der Waals surface area contributed by atoms with Crippen LogP contribution in [0.5, 0.6) is 0 Å². The van der Waals surface area contributed by atoms with Crippen molar-refractivity contribution in [1.29, 1.82) is 0 Å². The Bertz CT molecular complexity index is 389. The third-order valence-electron chi connectivity index (χ3n) is 3.66. The predicted octanol–water partition coefficient (Wildman–Crippen LogP) is 4.30. The summed E-state index contributed by atoms with van der Waals surface area (Å²) < 4.78 is 0. The van der Waals surface area contributed by atoms with Gasteiger partial charge in [-0.25, -0.2) is 0 Å². The fraction of sp³-hybridized carbons (Fsp3) is 0.588. The van der Waals surface area contributed by atoms with Crippen molar-refractivity contribution in [1.82, 2.24) is 4.90 Å². The summed E-state index contributed by atoms with van der Waals surface area (Å²) >= 11 is 5.16. The molecule has 2 nitrogen and oxygen atoms in total. The highest BCUT2D eigenvalue weighted by atomic mass is 32.1. The Labute approximate surface area is 129 Å². The van der Waals surface area contributed by atoms with Crippen molar-refractivity contribution in [3.8, 4) is 0 Å². The monoisotopic (exact) mass is 292 g/mol. The Morgan fingerprint density at radius 1 is 1.20 bits per heavy atom. The Morgan fingerprint density at radius 3 is 2.35 bits per heavy atom. The van der Waals surface area contributed by atoms with Gasteiger partial charge in [-0.05, 0) is 32.4 Å². The van der Waals surface area contributed by atoms with Crippen LogP contribution in [0.2, 0.25) is 0 Å². The summed E-state index contributed by atoms with van der Waals surface area (Å²) in [6.45, 7) is 7.85. The van der Waals surface area contributed by atoms with E-state index >= 15 is 0 Å². The SMILES string of the molecule is CCCCCN(C(C)C)C(CC(N)=S)c1ccccc1. The molecule has 0 bridgehead atoms. The van der Waals surface area contributed by atoms with E-state index in [2.05, 4.69) is 56.0 Å². The van der Waals surface area contributed by atoms with Crippen molar-refractivity contribution >= 4 is 17.2 Å². The lowest BCUT2D eigenvalue weighted by Crippen LogP contribution is -2.37. The molecule has 1 atom stereocenters. The first-order valence-corrected chi connectivity index (χ1v) is 8.06. The van der Waals surface area contributed by atoms with Crippen LogP contribution >= 0.6 is 12.2 Å². The predicted molar refractivity (Wildman–Crippen MR) is 92.0 cm³/mol. The molecule has 0 spiro atoms. The lowest BCUT2D eigenvalue weighted by Gasteiger charge is -2.35.